The molecule has 7 heteroatoms. The average molecular weight is 232 g/mol. The topological polar surface area (TPSA) is 90.9 Å². The number of nitro benzene ring substituents is 1. The summed E-state index contributed by atoms with van der Waals surface area (Å²) in [6.45, 7) is 1.72. The van der Waals surface area contributed by atoms with Crippen LogP contribution in [0.3, 0.4) is 0 Å². The Morgan fingerprint density at radius 3 is 2.82 bits per heavy atom. The molecule has 0 aliphatic rings. The normalized spacial score (nSPS) is 10.2. The van der Waals surface area contributed by atoms with E-state index in [9.17, 15) is 14.9 Å². The first-order valence-electron chi connectivity index (χ1n) is 4.74. The van der Waals surface area contributed by atoms with E-state index in [-0.39, 0.29) is 11.3 Å². The van der Waals surface area contributed by atoms with Gasteiger partial charge in [0.25, 0.3) is 11.6 Å². The zero-order valence-electron chi connectivity index (χ0n) is 8.90. The summed E-state index contributed by atoms with van der Waals surface area (Å²) in [5.74, 6) is -0.575. The van der Waals surface area contributed by atoms with Crippen molar-refractivity contribution in [2.75, 3.05) is 0 Å². The first-order chi connectivity index (χ1) is 8.09. The van der Waals surface area contributed by atoms with Gasteiger partial charge in [-0.25, -0.2) is 4.98 Å². The van der Waals surface area contributed by atoms with E-state index in [4.69, 9.17) is 0 Å². The van der Waals surface area contributed by atoms with Gasteiger partial charge in [0.2, 0.25) is 0 Å². The molecule has 2 aromatic rings. The van der Waals surface area contributed by atoms with Crippen molar-refractivity contribution in [2.24, 2.45) is 0 Å². The van der Waals surface area contributed by atoms with Crippen molar-refractivity contribution in [3.05, 3.63) is 52.1 Å². The number of aromatic nitrogens is 3. The number of nitro groups is 1. The second-order valence-corrected chi connectivity index (χ2v) is 3.42. The summed E-state index contributed by atoms with van der Waals surface area (Å²) >= 11 is 0. The van der Waals surface area contributed by atoms with Crippen molar-refractivity contribution in [2.45, 2.75) is 6.92 Å². The second-order valence-electron chi connectivity index (χ2n) is 3.42. The molecule has 0 saturated heterocycles. The van der Waals surface area contributed by atoms with Crippen LogP contribution in [0.25, 0.3) is 0 Å². The lowest BCUT2D eigenvalue weighted by Crippen LogP contribution is -2.14. The highest BCUT2D eigenvalue weighted by molar-refractivity contribution is 5.99. The fourth-order valence-corrected chi connectivity index (χ4v) is 1.41. The van der Waals surface area contributed by atoms with Crippen molar-refractivity contribution < 1.29 is 9.72 Å². The van der Waals surface area contributed by atoms with Crippen LogP contribution >= 0.6 is 0 Å². The fraction of sp³-hybridized carbons (Fsp3) is 0.100. The van der Waals surface area contributed by atoms with Crippen molar-refractivity contribution in [3.8, 4) is 0 Å². The smallest absolute Gasteiger partial charge is 0.266 e. The molecular formula is C10H8N4O3. The van der Waals surface area contributed by atoms with E-state index in [1.54, 1.807) is 13.0 Å². The maximum atomic E-state index is 11.9. The van der Waals surface area contributed by atoms with Crippen LogP contribution in [0.1, 0.15) is 15.9 Å². The van der Waals surface area contributed by atoms with Gasteiger partial charge in [0.1, 0.15) is 18.2 Å². The molecule has 0 saturated carbocycles. The van der Waals surface area contributed by atoms with Crippen molar-refractivity contribution in [3.63, 3.8) is 0 Å². The molecule has 0 fully saturated rings. The largest absolute Gasteiger partial charge is 0.286 e. The van der Waals surface area contributed by atoms with E-state index >= 15 is 0 Å². The van der Waals surface area contributed by atoms with Gasteiger partial charge in [-0.2, -0.15) is 9.78 Å². The molecule has 1 heterocycles. The minimum atomic E-state index is -0.586. The Bertz CT molecular complexity index is 577. The van der Waals surface area contributed by atoms with Crippen molar-refractivity contribution in [1.82, 2.24) is 14.8 Å². The standard InChI is InChI=1S/C10H8N4O3/c1-7-2-3-8(9(4-7)14(16)17)10(15)13-6-11-5-12-13/h2-6H,1H3. The fourth-order valence-electron chi connectivity index (χ4n) is 1.41. The third-order valence-corrected chi connectivity index (χ3v) is 2.21. The summed E-state index contributed by atoms with van der Waals surface area (Å²) in [5.41, 5.74) is 0.475. The molecule has 0 aliphatic carbocycles. The molecular weight excluding hydrogens is 224 g/mol. The number of carbonyl (C=O) groups is 1. The van der Waals surface area contributed by atoms with Gasteiger partial charge in [-0.3, -0.25) is 14.9 Å². The van der Waals surface area contributed by atoms with E-state index in [0.717, 1.165) is 4.68 Å². The van der Waals surface area contributed by atoms with E-state index in [1.807, 2.05) is 0 Å². The Morgan fingerprint density at radius 1 is 1.47 bits per heavy atom. The highest BCUT2D eigenvalue weighted by Crippen LogP contribution is 2.20. The van der Waals surface area contributed by atoms with Crippen LogP contribution in [0.4, 0.5) is 5.69 Å². The molecule has 0 unspecified atom stereocenters. The quantitative estimate of drug-likeness (QED) is 0.572. The summed E-state index contributed by atoms with van der Waals surface area (Å²) < 4.78 is 0.956. The zero-order chi connectivity index (χ0) is 12.4. The molecule has 0 N–H and O–H groups in total. The molecule has 1 aromatic heterocycles. The molecule has 0 radical (unpaired) electrons. The number of hydrogen-bond donors (Lipinski definition) is 0. The summed E-state index contributed by atoms with van der Waals surface area (Å²) in [6, 6.07) is 4.40. The Balaban J connectivity index is 2.52. The van der Waals surface area contributed by atoms with Crippen LogP contribution in [-0.4, -0.2) is 25.6 Å². The monoisotopic (exact) mass is 232 g/mol. The zero-order valence-corrected chi connectivity index (χ0v) is 8.90. The van der Waals surface area contributed by atoms with Crippen molar-refractivity contribution in [1.29, 1.82) is 0 Å². The Hall–Kier alpha value is -2.57. The lowest BCUT2D eigenvalue weighted by molar-refractivity contribution is -0.385. The molecule has 0 aliphatic heterocycles. The first kappa shape index (κ1) is 10.9. The number of aryl methyl sites for hydroxylation is 1. The van der Waals surface area contributed by atoms with E-state index in [0.29, 0.717) is 5.56 Å². The van der Waals surface area contributed by atoms with E-state index in [2.05, 4.69) is 10.1 Å². The molecule has 0 amide bonds. The predicted molar refractivity (Wildman–Crippen MR) is 57.6 cm³/mol. The van der Waals surface area contributed by atoms with Gasteiger partial charge < -0.3 is 0 Å². The van der Waals surface area contributed by atoms with Crippen LogP contribution in [0, 0.1) is 17.0 Å². The van der Waals surface area contributed by atoms with Crippen LogP contribution in [0.2, 0.25) is 0 Å². The molecule has 7 nitrogen and oxygen atoms in total. The molecule has 0 atom stereocenters. The van der Waals surface area contributed by atoms with Gasteiger partial charge in [-0.15, -0.1) is 0 Å². The Kier molecular flexibility index (Phi) is 2.65. The molecule has 86 valence electrons. The van der Waals surface area contributed by atoms with Gasteiger partial charge in [-0.05, 0) is 18.6 Å². The van der Waals surface area contributed by atoms with E-state index < -0.39 is 10.8 Å². The van der Waals surface area contributed by atoms with Crippen LogP contribution in [0.15, 0.2) is 30.9 Å². The summed E-state index contributed by atoms with van der Waals surface area (Å²) in [4.78, 5) is 25.8. The molecule has 1 aromatic carbocycles. The number of hydrogen-bond acceptors (Lipinski definition) is 5. The highest BCUT2D eigenvalue weighted by atomic mass is 16.6. The summed E-state index contributed by atoms with van der Waals surface area (Å²) in [7, 11) is 0. The molecule has 0 bridgehead atoms. The molecule has 0 spiro atoms. The van der Waals surface area contributed by atoms with Crippen LogP contribution in [-0.2, 0) is 0 Å². The predicted octanol–water partition coefficient (Wildman–Crippen LogP) is 1.18. The number of carbonyl (C=O) groups excluding carboxylic acids is 1. The van der Waals surface area contributed by atoms with Gasteiger partial charge in [0.15, 0.2) is 0 Å². The Labute approximate surface area is 95.9 Å². The minimum Gasteiger partial charge on any atom is -0.266 e. The van der Waals surface area contributed by atoms with Gasteiger partial charge in [0, 0.05) is 6.07 Å². The average Bonchev–Trinajstić information content (AvgIpc) is 2.81. The van der Waals surface area contributed by atoms with Gasteiger partial charge in [0.05, 0.1) is 4.92 Å². The molecule has 2 rings (SSSR count). The highest BCUT2D eigenvalue weighted by Gasteiger charge is 2.21. The summed E-state index contributed by atoms with van der Waals surface area (Å²) in [6.07, 6.45) is 2.39. The van der Waals surface area contributed by atoms with Crippen molar-refractivity contribution >= 4 is 11.6 Å². The van der Waals surface area contributed by atoms with Crippen LogP contribution in [0.5, 0.6) is 0 Å². The van der Waals surface area contributed by atoms with Crippen LogP contribution < -0.4 is 0 Å². The maximum Gasteiger partial charge on any atom is 0.286 e. The number of benzene rings is 1. The first-order valence-corrected chi connectivity index (χ1v) is 4.74. The maximum absolute atomic E-state index is 11.9. The lowest BCUT2D eigenvalue weighted by atomic mass is 10.1. The lowest BCUT2D eigenvalue weighted by Gasteiger charge is -2.02. The van der Waals surface area contributed by atoms with E-state index in [1.165, 1.54) is 24.8 Å². The number of nitrogens with zero attached hydrogens (tertiary/aromatic N) is 4. The SMILES string of the molecule is Cc1ccc(C(=O)n2cncn2)c([N+](=O)[O-])c1. The second kappa shape index (κ2) is 4.12. The van der Waals surface area contributed by atoms with Gasteiger partial charge in [-0.1, -0.05) is 6.07 Å². The van der Waals surface area contributed by atoms with Gasteiger partial charge >= 0.3 is 0 Å². The minimum absolute atomic E-state index is 0.00824. The third kappa shape index (κ3) is 2.03. The molecule has 17 heavy (non-hydrogen) atoms. The Morgan fingerprint density at radius 2 is 2.24 bits per heavy atom. The number of rotatable bonds is 2. The summed E-state index contributed by atoms with van der Waals surface area (Å²) in [5, 5.41) is 14.5. The third-order valence-electron chi connectivity index (χ3n) is 2.21.